The van der Waals surface area contributed by atoms with Crippen molar-refractivity contribution in [3.05, 3.63) is 58.8 Å². The molecule has 0 saturated heterocycles. The van der Waals surface area contributed by atoms with Gasteiger partial charge in [0.2, 0.25) is 0 Å². The molecule has 8 heteroatoms. The van der Waals surface area contributed by atoms with Crippen molar-refractivity contribution in [1.82, 2.24) is 9.97 Å². The maximum absolute atomic E-state index is 8.90. The molecule has 0 atom stereocenters. The number of methoxy groups -OCH3 is 2. The maximum Gasteiger partial charge on any atom is 0.137 e. The van der Waals surface area contributed by atoms with Gasteiger partial charge in [-0.3, -0.25) is 0 Å². The summed E-state index contributed by atoms with van der Waals surface area (Å²) in [5.74, 6) is 2.24. The minimum absolute atomic E-state index is 0.440. The van der Waals surface area contributed by atoms with E-state index in [0.717, 1.165) is 31.8 Å². The maximum atomic E-state index is 8.90. The number of anilines is 2. The fourth-order valence-corrected chi connectivity index (χ4v) is 3.36. The summed E-state index contributed by atoms with van der Waals surface area (Å²) in [6.45, 7) is 0. The third-order valence-corrected chi connectivity index (χ3v) is 4.92. The minimum Gasteiger partial charge on any atom is -0.496 e. The lowest BCUT2D eigenvalue weighted by Gasteiger charge is -2.06. The van der Waals surface area contributed by atoms with Gasteiger partial charge in [0.25, 0.3) is 0 Å². The summed E-state index contributed by atoms with van der Waals surface area (Å²) in [5, 5.41) is 12.5. The van der Waals surface area contributed by atoms with Gasteiger partial charge in [0, 0.05) is 23.2 Å². The van der Waals surface area contributed by atoms with Crippen LogP contribution in [-0.4, -0.2) is 24.2 Å². The van der Waals surface area contributed by atoms with Crippen LogP contribution in [-0.2, 0) is 0 Å². The molecule has 4 rings (SSSR count). The van der Waals surface area contributed by atoms with Crippen LogP contribution in [0.5, 0.6) is 11.5 Å². The van der Waals surface area contributed by atoms with Crippen LogP contribution in [0.2, 0.25) is 0 Å². The fourth-order valence-electron chi connectivity index (χ4n) is 2.83. The van der Waals surface area contributed by atoms with Gasteiger partial charge in [-0.2, -0.15) is 5.26 Å². The number of rotatable bonds is 2. The first-order chi connectivity index (χ1) is 14.0. The summed E-state index contributed by atoms with van der Waals surface area (Å²) in [4.78, 5) is 8.00. The van der Waals surface area contributed by atoms with Crippen molar-refractivity contribution in [3.8, 4) is 17.6 Å². The number of aromatic nitrogens is 2. The van der Waals surface area contributed by atoms with E-state index in [-0.39, 0.29) is 0 Å². The molecule has 0 aliphatic rings. The predicted octanol–water partition coefficient (Wildman–Crippen LogP) is 4.29. The molecule has 7 nitrogen and oxygen atoms in total. The average molecular weight is 452 g/mol. The van der Waals surface area contributed by atoms with Crippen LogP contribution in [0, 0.1) is 11.3 Å². The zero-order valence-corrected chi connectivity index (χ0v) is 17.4. The van der Waals surface area contributed by atoms with Crippen LogP contribution in [0.15, 0.2) is 53.3 Å². The first-order valence-corrected chi connectivity index (χ1v) is 9.27. The highest BCUT2D eigenvalue weighted by atomic mass is 79.9. The molecule has 2 heterocycles. The summed E-state index contributed by atoms with van der Waals surface area (Å²) in [6, 6.07) is 13.1. The summed E-state index contributed by atoms with van der Waals surface area (Å²) in [5.41, 5.74) is 12.0. The Morgan fingerprint density at radius 3 is 1.90 bits per heavy atom. The molecule has 0 unspecified atom stereocenters. The highest BCUT2D eigenvalue weighted by Gasteiger charge is 2.07. The number of nitrogens with two attached hydrogens (primary N) is 2. The van der Waals surface area contributed by atoms with E-state index in [1.54, 1.807) is 31.6 Å². The topological polar surface area (TPSA) is 120 Å². The molecule has 0 fully saturated rings. The number of halogens is 1. The predicted molar refractivity (Wildman–Crippen MR) is 118 cm³/mol. The number of pyridine rings is 2. The molecule has 0 saturated carbocycles. The lowest BCUT2D eigenvalue weighted by molar-refractivity contribution is 0.413. The molecule has 2 aromatic carbocycles. The molecular formula is C21H18BrN5O2. The Morgan fingerprint density at radius 1 is 0.862 bits per heavy atom. The van der Waals surface area contributed by atoms with Gasteiger partial charge >= 0.3 is 0 Å². The van der Waals surface area contributed by atoms with E-state index in [0.29, 0.717) is 22.9 Å². The number of nitrogen functional groups attached to an aromatic ring is 2. The molecule has 0 aliphatic heterocycles. The van der Waals surface area contributed by atoms with Gasteiger partial charge in [0.05, 0.1) is 24.3 Å². The van der Waals surface area contributed by atoms with Crippen LogP contribution in [0.3, 0.4) is 0 Å². The Bertz CT molecular complexity index is 1240. The molecule has 0 aliphatic carbocycles. The zero-order valence-electron chi connectivity index (χ0n) is 15.8. The third kappa shape index (κ3) is 4.15. The lowest BCUT2D eigenvalue weighted by Crippen LogP contribution is -1.93. The van der Waals surface area contributed by atoms with E-state index in [1.807, 2.05) is 24.3 Å². The monoisotopic (exact) mass is 451 g/mol. The van der Waals surface area contributed by atoms with Crippen molar-refractivity contribution in [2.45, 2.75) is 0 Å². The van der Waals surface area contributed by atoms with Gasteiger partial charge in [-0.1, -0.05) is 0 Å². The van der Waals surface area contributed by atoms with E-state index < -0.39 is 0 Å². The second-order valence-electron chi connectivity index (χ2n) is 5.99. The number of hydrogen-bond donors (Lipinski definition) is 2. The number of nitrogens with zero attached hydrogens (tertiary/aromatic N) is 3. The molecule has 4 N–H and O–H groups in total. The zero-order chi connectivity index (χ0) is 21.0. The van der Waals surface area contributed by atoms with E-state index >= 15 is 0 Å². The van der Waals surface area contributed by atoms with E-state index in [9.17, 15) is 0 Å². The standard InChI is InChI=1S/C11H9N3O.C10H9BrN2O/c1-15-10-5-9-7(4-8(10)6-12)2-3-14-11(9)13;1-14-9-5-7-6(4-8(9)11)2-3-13-10(7)12/h2-5H,1H3,(H2,13,14);2-5H,1H3,(H2,12,13). The number of ether oxygens (including phenoxy) is 2. The summed E-state index contributed by atoms with van der Waals surface area (Å²) in [7, 11) is 3.15. The van der Waals surface area contributed by atoms with Crippen LogP contribution in [0.25, 0.3) is 21.5 Å². The van der Waals surface area contributed by atoms with Gasteiger partial charge in [-0.05, 0) is 63.1 Å². The molecule has 0 bridgehead atoms. The summed E-state index contributed by atoms with van der Waals surface area (Å²) in [6.07, 6.45) is 3.31. The van der Waals surface area contributed by atoms with Crippen molar-refractivity contribution < 1.29 is 9.47 Å². The van der Waals surface area contributed by atoms with Crippen molar-refractivity contribution in [2.24, 2.45) is 0 Å². The number of fused-ring (bicyclic) bond motifs is 2. The molecule has 0 amide bonds. The normalized spacial score (nSPS) is 10.1. The van der Waals surface area contributed by atoms with Crippen molar-refractivity contribution in [2.75, 3.05) is 25.7 Å². The molecule has 4 aromatic rings. The first kappa shape index (κ1) is 20.2. The van der Waals surface area contributed by atoms with E-state index in [2.05, 4.69) is 32.0 Å². The van der Waals surface area contributed by atoms with Gasteiger partial charge in [0.1, 0.15) is 29.2 Å². The largest absolute Gasteiger partial charge is 0.496 e. The van der Waals surface area contributed by atoms with Crippen LogP contribution in [0.4, 0.5) is 11.6 Å². The van der Waals surface area contributed by atoms with E-state index in [1.165, 1.54) is 7.11 Å². The molecule has 146 valence electrons. The highest BCUT2D eigenvalue weighted by molar-refractivity contribution is 9.10. The molecular weight excluding hydrogens is 434 g/mol. The van der Waals surface area contributed by atoms with Crippen molar-refractivity contribution >= 4 is 49.1 Å². The highest BCUT2D eigenvalue weighted by Crippen LogP contribution is 2.31. The number of hydrogen-bond acceptors (Lipinski definition) is 7. The van der Waals surface area contributed by atoms with Gasteiger partial charge in [0.15, 0.2) is 0 Å². The third-order valence-electron chi connectivity index (χ3n) is 4.30. The Morgan fingerprint density at radius 2 is 1.38 bits per heavy atom. The van der Waals surface area contributed by atoms with Crippen LogP contribution >= 0.6 is 15.9 Å². The van der Waals surface area contributed by atoms with Gasteiger partial charge < -0.3 is 20.9 Å². The van der Waals surface area contributed by atoms with Crippen molar-refractivity contribution in [1.29, 1.82) is 5.26 Å². The number of benzene rings is 2. The molecule has 0 radical (unpaired) electrons. The quantitative estimate of drug-likeness (QED) is 0.466. The minimum atomic E-state index is 0.440. The van der Waals surface area contributed by atoms with E-state index in [4.69, 9.17) is 26.2 Å². The van der Waals surface area contributed by atoms with Crippen LogP contribution < -0.4 is 20.9 Å². The average Bonchev–Trinajstić information content (AvgIpc) is 2.73. The Hall–Kier alpha value is -3.57. The summed E-state index contributed by atoms with van der Waals surface area (Å²) >= 11 is 3.42. The second-order valence-corrected chi connectivity index (χ2v) is 6.84. The summed E-state index contributed by atoms with van der Waals surface area (Å²) < 4.78 is 11.2. The second kappa shape index (κ2) is 8.63. The van der Waals surface area contributed by atoms with Crippen molar-refractivity contribution in [3.63, 3.8) is 0 Å². The first-order valence-electron chi connectivity index (χ1n) is 8.48. The van der Waals surface area contributed by atoms with Gasteiger partial charge in [-0.15, -0.1) is 0 Å². The Kier molecular flexibility index (Phi) is 6.00. The lowest BCUT2D eigenvalue weighted by atomic mass is 10.1. The molecule has 0 spiro atoms. The van der Waals surface area contributed by atoms with Gasteiger partial charge in [-0.25, -0.2) is 9.97 Å². The smallest absolute Gasteiger partial charge is 0.137 e. The molecule has 2 aromatic heterocycles. The fraction of sp³-hybridized carbons (Fsp3) is 0.0952. The molecule has 29 heavy (non-hydrogen) atoms. The Balaban J connectivity index is 0.000000166. The SMILES string of the molecule is COc1cc2c(N)nccc2cc1Br.COc1cc2c(N)nccc2cc1C#N. The van der Waals surface area contributed by atoms with Crippen LogP contribution in [0.1, 0.15) is 5.56 Å². The Labute approximate surface area is 176 Å². The number of nitriles is 1.